The van der Waals surface area contributed by atoms with Gasteiger partial charge in [0.1, 0.15) is 12.4 Å². The zero-order chi connectivity index (χ0) is 26.8. The second-order valence-electron chi connectivity index (χ2n) is 8.31. The number of halogens is 5. The van der Waals surface area contributed by atoms with Gasteiger partial charge >= 0.3 is 6.18 Å². The largest absolute Gasteiger partial charge is 0.416 e. The van der Waals surface area contributed by atoms with Gasteiger partial charge in [-0.3, -0.25) is 9.10 Å². The summed E-state index contributed by atoms with van der Waals surface area (Å²) in [4.78, 5) is 16.2. The molecule has 37 heavy (non-hydrogen) atoms. The second kappa shape index (κ2) is 10.6. The fourth-order valence-electron chi connectivity index (χ4n) is 4.03. The number of carbonyl (C=O) groups is 1. The van der Waals surface area contributed by atoms with E-state index in [1.807, 2.05) is 0 Å². The highest BCUT2D eigenvalue weighted by Crippen LogP contribution is 2.37. The van der Waals surface area contributed by atoms with E-state index < -0.39 is 45.7 Å². The number of nitrogens with zero attached hydrogens (tertiary/aromatic N) is 3. The quantitative estimate of drug-likeness (QED) is 0.400. The molecule has 1 aliphatic heterocycles. The number of hydrogen-bond donors (Lipinski definition) is 0. The molecule has 0 radical (unpaired) electrons. The van der Waals surface area contributed by atoms with E-state index in [0.717, 1.165) is 12.1 Å². The van der Waals surface area contributed by atoms with E-state index in [4.69, 9.17) is 11.6 Å². The van der Waals surface area contributed by atoms with Crippen LogP contribution in [0.4, 0.5) is 28.9 Å². The summed E-state index contributed by atoms with van der Waals surface area (Å²) in [6, 6.07) is 15.6. The predicted octanol–water partition coefficient (Wildman–Crippen LogP) is 5.04. The van der Waals surface area contributed by atoms with E-state index in [0.29, 0.717) is 29.1 Å². The number of anilines is 2. The molecule has 6 nitrogen and oxygen atoms in total. The Balaban J connectivity index is 1.62. The molecule has 1 heterocycles. The predicted molar refractivity (Wildman–Crippen MR) is 133 cm³/mol. The molecule has 12 heteroatoms. The van der Waals surface area contributed by atoms with Gasteiger partial charge in [-0.05, 0) is 42.5 Å². The molecule has 1 fully saturated rings. The zero-order valence-corrected chi connectivity index (χ0v) is 20.9. The third kappa shape index (κ3) is 5.83. The third-order valence-electron chi connectivity index (χ3n) is 5.98. The number of benzene rings is 3. The van der Waals surface area contributed by atoms with E-state index in [-0.39, 0.29) is 23.0 Å². The van der Waals surface area contributed by atoms with Crippen molar-refractivity contribution in [1.82, 2.24) is 4.90 Å². The lowest BCUT2D eigenvalue weighted by atomic mass is 10.2. The van der Waals surface area contributed by atoms with Crippen LogP contribution in [-0.2, 0) is 21.0 Å². The smallest absolute Gasteiger partial charge is 0.366 e. The molecule has 0 N–H and O–H groups in total. The van der Waals surface area contributed by atoms with E-state index in [1.54, 1.807) is 29.2 Å². The lowest BCUT2D eigenvalue weighted by Gasteiger charge is -2.37. The van der Waals surface area contributed by atoms with Gasteiger partial charge in [-0.2, -0.15) is 13.2 Å². The number of sulfonamides is 1. The summed E-state index contributed by atoms with van der Waals surface area (Å²) < 4.78 is 82.0. The van der Waals surface area contributed by atoms with Crippen LogP contribution in [-0.4, -0.2) is 51.9 Å². The van der Waals surface area contributed by atoms with Crippen LogP contribution in [0.25, 0.3) is 0 Å². The van der Waals surface area contributed by atoms with E-state index in [2.05, 4.69) is 0 Å². The maximum absolute atomic E-state index is 14.1. The highest BCUT2D eigenvalue weighted by Gasteiger charge is 2.35. The van der Waals surface area contributed by atoms with E-state index in [9.17, 15) is 30.8 Å². The van der Waals surface area contributed by atoms with Crippen molar-refractivity contribution in [2.75, 3.05) is 41.9 Å². The molecule has 4 rings (SSSR count). The van der Waals surface area contributed by atoms with Crippen molar-refractivity contribution in [2.45, 2.75) is 11.1 Å². The Morgan fingerprint density at radius 2 is 1.54 bits per heavy atom. The fourth-order valence-corrected chi connectivity index (χ4v) is 5.74. The Hall–Kier alpha value is -3.31. The maximum atomic E-state index is 14.1. The summed E-state index contributed by atoms with van der Waals surface area (Å²) in [5, 5.41) is -0.260. The molecule has 0 saturated carbocycles. The molecule has 1 aliphatic rings. The first-order chi connectivity index (χ1) is 17.5. The Labute approximate surface area is 216 Å². The minimum Gasteiger partial charge on any atom is -0.366 e. The van der Waals surface area contributed by atoms with Gasteiger partial charge in [0.2, 0.25) is 5.91 Å². The van der Waals surface area contributed by atoms with Gasteiger partial charge < -0.3 is 9.80 Å². The van der Waals surface area contributed by atoms with Crippen molar-refractivity contribution in [1.29, 1.82) is 0 Å². The number of carbonyl (C=O) groups excluding carboxylic acids is 1. The summed E-state index contributed by atoms with van der Waals surface area (Å²) >= 11 is 6.17. The molecule has 3 aromatic carbocycles. The van der Waals surface area contributed by atoms with Gasteiger partial charge in [-0.25, -0.2) is 12.8 Å². The lowest BCUT2D eigenvalue weighted by molar-refractivity contribution is -0.137. The minimum atomic E-state index is -4.76. The molecule has 3 aromatic rings. The van der Waals surface area contributed by atoms with Crippen molar-refractivity contribution in [3.8, 4) is 0 Å². The topological polar surface area (TPSA) is 60.9 Å². The fraction of sp³-hybridized carbons (Fsp3) is 0.240. The van der Waals surface area contributed by atoms with Crippen LogP contribution in [0, 0.1) is 5.82 Å². The molecule has 1 saturated heterocycles. The summed E-state index contributed by atoms with van der Waals surface area (Å²) in [5.41, 5.74) is -1.18. The average molecular weight is 556 g/mol. The van der Waals surface area contributed by atoms with Crippen LogP contribution in [0.15, 0.2) is 77.7 Å². The maximum Gasteiger partial charge on any atom is 0.416 e. The SMILES string of the molecule is O=C(CN(c1cc(C(F)(F)F)ccc1Cl)S(=O)(=O)c1ccccc1)N1CCN(c2ccccc2F)CC1. The van der Waals surface area contributed by atoms with Gasteiger partial charge in [0, 0.05) is 26.2 Å². The highest BCUT2D eigenvalue weighted by atomic mass is 35.5. The van der Waals surface area contributed by atoms with Gasteiger partial charge in [0.05, 0.1) is 26.9 Å². The van der Waals surface area contributed by atoms with Gasteiger partial charge in [0.15, 0.2) is 0 Å². The van der Waals surface area contributed by atoms with Crippen LogP contribution in [0.1, 0.15) is 5.56 Å². The molecule has 196 valence electrons. The number of alkyl halides is 3. The standard InChI is InChI=1S/C25H22ClF4N3O3S/c26-20-11-10-18(25(28,29)30)16-23(20)33(37(35,36)19-6-2-1-3-7-19)17-24(34)32-14-12-31(13-15-32)22-9-5-4-8-21(22)27/h1-11,16H,12-15,17H2. The molecule has 0 aromatic heterocycles. The first kappa shape index (κ1) is 26.7. The number of hydrogen-bond acceptors (Lipinski definition) is 4. The van der Waals surface area contributed by atoms with Gasteiger partial charge in [-0.1, -0.05) is 41.9 Å². The Bertz CT molecular complexity index is 1380. The second-order valence-corrected chi connectivity index (χ2v) is 10.6. The van der Waals surface area contributed by atoms with Crippen LogP contribution in [0.3, 0.4) is 0 Å². The third-order valence-corrected chi connectivity index (χ3v) is 8.07. The highest BCUT2D eigenvalue weighted by molar-refractivity contribution is 7.92. The lowest BCUT2D eigenvalue weighted by Crippen LogP contribution is -2.52. The van der Waals surface area contributed by atoms with E-state index in [1.165, 1.54) is 35.2 Å². The van der Waals surface area contributed by atoms with Gasteiger partial charge in [0.25, 0.3) is 10.0 Å². The van der Waals surface area contributed by atoms with Crippen LogP contribution in [0.5, 0.6) is 0 Å². The number of rotatable bonds is 6. The van der Waals surface area contributed by atoms with Crippen molar-refractivity contribution in [3.63, 3.8) is 0 Å². The molecule has 1 amide bonds. The van der Waals surface area contributed by atoms with Gasteiger partial charge in [-0.15, -0.1) is 0 Å². The number of piperazine rings is 1. The molecular formula is C25H22ClF4N3O3S. The zero-order valence-electron chi connectivity index (χ0n) is 19.3. The van der Waals surface area contributed by atoms with Crippen molar-refractivity contribution < 1.29 is 30.8 Å². The summed E-state index contributed by atoms with van der Waals surface area (Å²) in [6.07, 6.45) is -4.76. The minimum absolute atomic E-state index is 0.169. The molecule has 0 aliphatic carbocycles. The van der Waals surface area contributed by atoms with Crippen molar-refractivity contribution in [2.24, 2.45) is 0 Å². The van der Waals surface area contributed by atoms with Crippen LogP contribution in [0.2, 0.25) is 5.02 Å². The Kier molecular flexibility index (Phi) is 7.65. The number of amides is 1. The molecule has 0 spiro atoms. The van der Waals surface area contributed by atoms with Crippen LogP contribution >= 0.6 is 11.6 Å². The summed E-state index contributed by atoms with van der Waals surface area (Å²) in [7, 11) is -4.46. The first-order valence-corrected chi connectivity index (χ1v) is 13.0. The average Bonchev–Trinajstić information content (AvgIpc) is 2.88. The van der Waals surface area contributed by atoms with Crippen molar-refractivity contribution in [3.05, 3.63) is 89.2 Å². The Morgan fingerprint density at radius 3 is 2.16 bits per heavy atom. The monoisotopic (exact) mass is 555 g/mol. The normalized spacial score (nSPS) is 14.5. The van der Waals surface area contributed by atoms with Crippen LogP contribution < -0.4 is 9.21 Å². The summed E-state index contributed by atoms with van der Waals surface area (Å²) in [5.74, 6) is -1.03. The molecular weight excluding hydrogens is 534 g/mol. The van der Waals surface area contributed by atoms with E-state index >= 15 is 0 Å². The molecule has 0 unspecified atom stereocenters. The molecule has 0 atom stereocenters. The molecule has 0 bridgehead atoms. The summed E-state index contributed by atoms with van der Waals surface area (Å²) in [6.45, 7) is 0.161. The van der Waals surface area contributed by atoms with Crippen molar-refractivity contribution >= 4 is 38.9 Å². The number of para-hydroxylation sites is 1. The Morgan fingerprint density at radius 1 is 0.919 bits per heavy atom. The first-order valence-electron chi connectivity index (χ1n) is 11.2.